The number of nitrogens with zero attached hydrogens (tertiary/aromatic N) is 3. The highest BCUT2D eigenvalue weighted by Crippen LogP contribution is 2.25. The average molecular weight is 448 g/mol. The van der Waals surface area contributed by atoms with Crippen LogP contribution in [0.15, 0.2) is 77.0 Å². The number of H-pyrrole nitrogens is 1. The molecule has 0 saturated heterocycles. The first-order chi connectivity index (χ1) is 15.5. The van der Waals surface area contributed by atoms with Gasteiger partial charge in [-0.15, -0.1) is 0 Å². The van der Waals surface area contributed by atoms with Gasteiger partial charge in [-0.2, -0.15) is 0 Å². The highest BCUT2D eigenvalue weighted by molar-refractivity contribution is 6.31. The van der Waals surface area contributed by atoms with E-state index in [2.05, 4.69) is 20.1 Å². The van der Waals surface area contributed by atoms with Crippen LogP contribution in [0.25, 0.3) is 10.9 Å². The molecule has 0 unspecified atom stereocenters. The van der Waals surface area contributed by atoms with Crippen molar-refractivity contribution in [2.75, 3.05) is 6.54 Å². The van der Waals surface area contributed by atoms with E-state index in [1.54, 1.807) is 18.2 Å². The predicted octanol–water partition coefficient (Wildman–Crippen LogP) is 6.21. The fourth-order valence-electron chi connectivity index (χ4n) is 3.66. The van der Waals surface area contributed by atoms with Crippen LogP contribution in [0.3, 0.4) is 0 Å². The Labute approximate surface area is 189 Å². The molecule has 3 aromatic carbocycles. The second kappa shape index (κ2) is 9.69. The Morgan fingerprint density at radius 2 is 1.88 bits per heavy atom. The van der Waals surface area contributed by atoms with E-state index in [1.807, 2.05) is 43.3 Å². The molecule has 1 aromatic heterocycles. The number of amides is 1. The zero-order valence-corrected chi connectivity index (χ0v) is 18.2. The summed E-state index contributed by atoms with van der Waals surface area (Å²) in [6, 6.07) is 19.2. The second-order valence-electron chi connectivity index (χ2n) is 7.53. The first-order valence-corrected chi connectivity index (χ1v) is 10.6. The van der Waals surface area contributed by atoms with Gasteiger partial charge in [0.05, 0.1) is 0 Å². The molecule has 0 radical (unpaired) electrons. The molecule has 0 spiro atoms. The summed E-state index contributed by atoms with van der Waals surface area (Å²) in [5.41, 5.74) is 5.48. The van der Waals surface area contributed by atoms with Crippen molar-refractivity contribution in [3.05, 3.63) is 106 Å². The molecule has 7 heteroatoms. The molecule has 32 heavy (non-hydrogen) atoms. The van der Waals surface area contributed by atoms with Gasteiger partial charge in [-0.1, -0.05) is 35.9 Å². The van der Waals surface area contributed by atoms with Crippen molar-refractivity contribution in [2.24, 2.45) is 10.2 Å². The van der Waals surface area contributed by atoms with Crippen molar-refractivity contribution in [2.45, 2.75) is 19.8 Å². The van der Waals surface area contributed by atoms with E-state index in [-0.39, 0.29) is 5.82 Å². The number of halogens is 2. The maximum atomic E-state index is 13.3. The Bertz CT molecular complexity index is 1340. The van der Waals surface area contributed by atoms with Crippen LogP contribution in [0.5, 0.6) is 0 Å². The first-order valence-electron chi connectivity index (χ1n) is 10.2. The van der Waals surface area contributed by atoms with Gasteiger partial charge in [0.25, 0.3) is 0 Å². The highest BCUT2D eigenvalue weighted by atomic mass is 35.5. The van der Waals surface area contributed by atoms with Gasteiger partial charge >= 0.3 is 5.91 Å². The lowest BCUT2D eigenvalue weighted by Crippen LogP contribution is -1.97. The standard InChI is InChI=1S/C25H20ClFN4O/c1-16-22(23-15-20(26)9-10-24(23)29-16)11-12-28-31-30-25(32)19-7-5-17(6-8-19)13-18-3-2-4-21(27)14-18/h2-10,14-15H,11-13H2,1H3/p+1. The zero-order valence-electron chi connectivity index (χ0n) is 17.5. The zero-order chi connectivity index (χ0) is 22.5. The number of aromatic nitrogens is 1. The minimum atomic E-state index is -0.457. The van der Waals surface area contributed by atoms with Crippen molar-refractivity contribution in [1.82, 2.24) is 9.90 Å². The van der Waals surface area contributed by atoms with Crippen molar-refractivity contribution in [3.8, 4) is 0 Å². The molecule has 0 bridgehead atoms. The van der Waals surface area contributed by atoms with Crippen molar-refractivity contribution >= 4 is 28.4 Å². The normalized spacial score (nSPS) is 10.7. The number of carbonyl (C=O) groups is 1. The monoisotopic (exact) mass is 447 g/mol. The summed E-state index contributed by atoms with van der Waals surface area (Å²) in [7, 11) is 0. The van der Waals surface area contributed by atoms with Gasteiger partial charge in [-0.05, 0) is 72.5 Å². The van der Waals surface area contributed by atoms with Crippen molar-refractivity contribution < 1.29 is 9.18 Å². The molecule has 4 rings (SSSR count). The van der Waals surface area contributed by atoms with Gasteiger partial charge in [0.2, 0.25) is 10.0 Å². The summed E-state index contributed by atoms with van der Waals surface area (Å²) in [6.07, 6.45) is 1.25. The molecule has 0 aliphatic rings. The Morgan fingerprint density at radius 3 is 2.66 bits per heavy atom. The summed E-state index contributed by atoms with van der Waals surface area (Å²) < 4.78 is 13.3. The van der Waals surface area contributed by atoms with Gasteiger partial charge in [0, 0.05) is 33.6 Å². The summed E-state index contributed by atoms with van der Waals surface area (Å²) in [4.78, 5) is 19.3. The summed E-state index contributed by atoms with van der Waals surface area (Å²) >= 11 is 6.11. The number of hydrogen-bond acceptors (Lipinski definition) is 2. The minimum Gasteiger partial charge on any atom is -0.358 e. The van der Waals surface area contributed by atoms with Crippen LogP contribution in [0.1, 0.15) is 32.7 Å². The van der Waals surface area contributed by atoms with Gasteiger partial charge in [-0.3, -0.25) is 4.79 Å². The molecule has 5 nitrogen and oxygen atoms in total. The number of rotatable bonds is 6. The van der Waals surface area contributed by atoms with E-state index in [4.69, 9.17) is 11.6 Å². The van der Waals surface area contributed by atoms with Crippen LogP contribution in [0.2, 0.25) is 5.02 Å². The number of hydrogen-bond donors (Lipinski definition) is 1. The van der Waals surface area contributed by atoms with Crippen LogP contribution in [0.4, 0.5) is 4.39 Å². The van der Waals surface area contributed by atoms with Crippen LogP contribution in [-0.2, 0) is 12.8 Å². The SMILES string of the molecule is Cc1[nH]c2ccc(Cl)cc2c1CCN=[N+]=NC(=O)c1ccc(Cc2cccc(F)c2)cc1. The molecule has 160 valence electrons. The number of benzene rings is 3. The lowest BCUT2D eigenvalue weighted by molar-refractivity contribution is 0.0992. The molecule has 0 fully saturated rings. The molecule has 0 aliphatic carbocycles. The molecule has 0 saturated carbocycles. The lowest BCUT2D eigenvalue weighted by atomic mass is 10.0. The molecular weight excluding hydrogens is 427 g/mol. The molecule has 1 N–H and O–H groups in total. The third kappa shape index (κ3) is 5.17. The van der Waals surface area contributed by atoms with Crippen LogP contribution in [0, 0.1) is 12.7 Å². The Kier molecular flexibility index (Phi) is 6.55. The third-order valence-electron chi connectivity index (χ3n) is 5.24. The molecule has 1 heterocycles. The predicted molar refractivity (Wildman–Crippen MR) is 124 cm³/mol. The molecule has 1 amide bonds. The lowest BCUT2D eigenvalue weighted by Gasteiger charge is -2.02. The maximum Gasteiger partial charge on any atom is 0.360 e. The van der Waals surface area contributed by atoms with E-state index in [0.717, 1.165) is 33.3 Å². The largest absolute Gasteiger partial charge is 0.360 e. The smallest absolute Gasteiger partial charge is 0.358 e. The van der Waals surface area contributed by atoms with E-state index in [9.17, 15) is 9.18 Å². The first kappa shape index (κ1) is 21.6. The Morgan fingerprint density at radius 1 is 1.06 bits per heavy atom. The fourth-order valence-corrected chi connectivity index (χ4v) is 3.83. The number of aromatic amines is 1. The van der Waals surface area contributed by atoms with Crippen LogP contribution >= 0.6 is 11.6 Å². The summed E-state index contributed by atoms with van der Waals surface area (Å²) in [5.74, 6) is -0.719. The molecule has 0 aliphatic heterocycles. The second-order valence-corrected chi connectivity index (χ2v) is 7.97. The number of carbonyl (C=O) groups excluding carboxylic acids is 1. The van der Waals surface area contributed by atoms with Gasteiger partial charge in [0.1, 0.15) is 17.5 Å². The summed E-state index contributed by atoms with van der Waals surface area (Å²) in [6.45, 7) is 2.41. The van der Waals surface area contributed by atoms with E-state index < -0.39 is 5.91 Å². The quantitative estimate of drug-likeness (QED) is 0.277. The molecule has 4 aromatic rings. The van der Waals surface area contributed by atoms with Crippen LogP contribution in [-0.4, -0.2) is 17.4 Å². The summed E-state index contributed by atoms with van der Waals surface area (Å²) in [5, 5.41) is 9.45. The minimum absolute atomic E-state index is 0.262. The molecular formula is C25H21ClFN4O+. The van der Waals surface area contributed by atoms with Crippen molar-refractivity contribution in [3.63, 3.8) is 0 Å². The van der Waals surface area contributed by atoms with E-state index >= 15 is 0 Å². The van der Waals surface area contributed by atoms with Crippen LogP contribution < -0.4 is 4.91 Å². The maximum absolute atomic E-state index is 13.3. The Hall–Kier alpha value is -3.60. The number of nitrogens with one attached hydrogen (secondary N) is 1. The third-order valence-corrected chi connectivity index (χ3v) is 5.48. The topological polar surface area (TPSA) is 71.7 Å². The molecule has 0 atom stereocenters. The van der Waals surface area contributed by atoms with Gasteiger partial charge < -0.3 is 4.98 Å². The van der Waals surface area contributed by atoms with Gasteiger partial charge in [-0.25, -0.2) is 4.39 Å². The number of fused-ring (bicyclic) bond motifs is 1. The highest BCUT2D eigenvalue weighted by Gasteiger charge is 2.11. The van der Waals surface area contributed by atoms with Crippen molar-refractivity contribution in [1.29, 1.82) is 0 Å². The van der Waals surface area contributed by atoms with Gasteiger partial charge in [0.15, 0.2) is 0 Å². The Balaban J connectivity index is 1.36. The average Bonchev–Trinajstić information content (AvgIpc) is 3.08. The fraction of sp³-hybridized carbons (Fsp3) is 0.160. The van der Waals surface area contributed by atoms with E-state index in [0.29, 0.717) is 30.0 Å². The number of aryl methyl sites for hydroxylation is 1. The van der Waals surface area contributed by atoms with E-state index in [1.165, 1.54) is 12.1 Å².